The number of aryl methyl sites for hydroxylation is 1. The van der Waals surface area contributed by atoms with Crippen LogP contribution in [0.3, 0.4) is 0 Å². The van der Waals surface area contributed by atoms with E-state index in [4.69, 9.17) is 27.9 Å². The highest BCUT2D eigenvalue weighted by molar-refractivity contribution is 6.34. The van der Waals surface area contributed by atoms with Crippen LogP contribution in [0.2, 0.25) is 10.0 Å². The fourth-order valence-electron chi connectivity index (χ4n) is 3.91. The molecule has 3 aromatic rings. The molecule has 0 unspecified atom stereocenters. The van der Waals surface area contributed by atoms with Gasteiger partial charge in [0.15, 0.2) is 11.6 Å². The maximum absolute atomic E-state index is 14.4. The molecule has 0 aliphatic rings. The Morgan fingerprint density at radius 2 is 1.55 bits per heavy atom. The summed E-state index contributed by atoms with van der Waals surface area (Å²) in [7, 11) is 0. The molecular formula is C30H24Cl2F7NO4. The molecule has 3 rings (SSSR count). The van der Waals surface area contributed by atoms with Crippen LogP contribution in [0.1, 0.15) is 52.1 Å². The van der Waals surface area contributed by atoms with E-state index in [2.05, 4.69) is 5.32 Å². The number of nitrogens with one attached hydrogen (secondary N) is 1. The number of ketones is 2. The highest BCUT2D eigenvalue weighted by atomic mass is 35.5. The second-order valence-electron chi connectivity index (χ2n) is 10.2. The van der Waals surface area contributed by atoms with E-state index in [0.29, 0.717) is 5.56 Å². The Bertz CT molecular complexity index is 1580. The van der Waals surface area contributed by atoms with E-state index >= 15 is 0 Å². The molecular weight excluding hydrogens is 642 g/mol. The number of hydrogen-bond donors (Lipinski definition) is 1. The number of amides is 1. The van der Waals surface area contributed by atoms with Crippen LogP contribution in [0.4, 0.5) is 36.4 Å². The molecule has 236 valence electrons. The Kier molecular flexibility index (Phi) is 11.1. The fraction of sp³-hybridized carbons (Fsp3) is 0.300. The van der Waals surface area contributed by atoms with Crippen molar-refractivity contribution in [2.24, 2.45) is 5.41 Å². The minimum Gasteiger partial charge on any atom is -0.487 e. The Morgan fingerprint density at radius 3 is 2.18 bits per heavy atom. The second kappa shape index (κ2) is 14.0. The highest BCUT2D eigenvalue weighted by Gasteiger charge is 2.51. The summed E-state index contributed by atoms with van der Waals surface area (Å²) < 4.78 is 98.1. The number of anilines is 1. The van der Waals surface area contributed by atoms with Crippen LogP contribution >= 0.6 is 23.2 Å². The van der Waals surface area contributed by atoms with Crippen molar-refractivity contribution in [1.82, 2.24) is 0 Å². The van der Waals surface area contributed by atoms with Crippen LogP contribution in [0, 0.1) is 17.0 Å². The van der Waals surface area contributed by atoms with Crippen LogP contribution in [0.25, 0.3) is 0 Å². The van der Waals surface area contributed by atoms with Gasteiger partial charge >= 0.3 is 6.18 Å². The zero-order valence-corrected chi connectivity index (χ0v) is 24.6. The van der Waals surface area contributed by atoms with E-state index in [0.717, 1.165) is 38.1 Å². The van der Waals surface area contributed by atoms with Gasteiger partial charge in [-0.2, -0.15) is 13.2 Å². The van der Waals surface area contributed by atoms with Crippen molar-refractivity contribution in [3.8, 4) is 5.75 Å². The zero-order chi connectivity index (χ0) is 33.0. The van der Waals surface area contributed by atoms with Gasteiger partial charge in [0.25, 0.3) is 12.3 Å². The molecule has 0 aliphatic heterocycles. The number of benzene rings is 3. The van der Waals surface area contributed by atoms with Gasteiger partial charge < -0.3 is 10.1 Å². The average molecular weight is 666 g/mol. The number of halogens is 9. The largest absolute Gasteiger partial charge is 0.487 e. The Balaban J connectivity index is 1.85. The van der Waals surface area contributed by atoms with Gasteiger partial charge in [0.05, 0.1) is 16.3 Å². The van der Waals surface area contributed by atoms with Crippen molar-refractivity contribution in [3.05, 3.63) is 92.5 Å². The average Bonchev–Trinajstić information content (AvgIpc) is 2.95. The molecule has 0 aliphatic carbocycles. The van der Waals surface area contributed by atoms with Crippen molar-refractivity contribution in [3.63, 3.8) is 0 Å². The fourth-order valence-corrected chi connectivity index (χ4v) is 4.29. The van der Waals surface area contributed by atoms with Crippen molar-refractivity contribution in [2.75, 3.05) is 11.9 Å². The molecule has 1 amide bonds. The van der Waals surface area contributed by atoms with Gasteiger partial charge in [-0.25, -0.2) is 17.6 Å². The van der Waals surface area contributed by atoms with E-state index in [9.17, 15) is 45.1 Å². The first-order valence-electron chi connectivity index (χ1n) is 12.8. The summed E-state index contributed by atoms with van der Waals surface area (Å²) >= 11 is 11.7. The van der Waals surface area contributed by atoms with E-state index in [-0.39, 0.29) is 40.3 Å². The summed E-state index contributed by atoms with van der Waals surface area (Å²) in [5.41, 5.74) is -2.88. The number of ether oxygens (including phenoxy) is 1. The lowest BCUT2D eigenvalue weighted by molar-refractivity contribution is -0.210. The standard InChI is InChI=1S/C30H24Cl2F7NO4/c1-29(2,30(37,38)39)24(42)10-5-15-3-6-19(31)17(11-15)22(41)13-16-4-9-23(44-14-25(34)35)18(12-16)28(43)40-21-8-7-20(33)26(32)27(21)36/h3-4,6-9,11-12,25H,5,10,13-14H2,1-2H3,(H,40,43). The summed E-state index contributed by atoms with van der Waals surface area (Å²) in [6.07, 6.45) is -8.55. The van der Waals surface area contributed by atoms with Crippen LogP contribution < -0.4 is 10.1 Å². The first-order chi connectivity index (χ1) is 20.4. The maximum Gasteiger partial charge on any atom is 0.400 e. The summed E-state index contributed by atoms with van der Waals surface area (Å²) in [6, 6.07) is 9.47. The molecule has 0 saturated heterocycles. The van der Waals surface area contributed by atoms with Crippen molar-refractivity contribution >= 4 is 46.4 Å². The smallest absolute Gasteiger partial charge is 0.400 e. The number of carbonyl (C=O) groups excluding carboxylic acids is 3. The molecule has 0 radical (unpaired) electrons. The molecule has 0 atom stereocenters. The van der Waals surface area contributed by atoms with Crippen LogP contribution in [0.15, 0.2) is 48.5 Å². The molecule has 0 aromatic heterocycles. The van der Waals surface area contributed by atoms with Crippen LogP contribution in [0.5, 0.6) is 5.75 Å². The number of rotatable bonds is 12. The van der Waals surface area contributed by atoms with E-state index in [1.165, 1.54) is 24.3 Å². The van der Waals surface area contributed by atoms with Gasteiger partial charge in [-0.05, 0) is 67.8 Å². The van der Waals surface area contributed by atoms with Crippen molar-refractivity contribution in [1.29, 1.82) is 0 Å². The minimum atomic E-state index is -4.73. The topological polar surface area (TPSA) is 72.5 Å². The van der Waals surface area contributed by atoms with Crippen molar-refractivity contribution < 1.29 is 49.9 Å². The van der Waals surface area contributed by atoms with Gasteiger partial charge in [-0.15, -0.1) is 0 Å². The normalized spacial score (nSPS) is 11.9. The number of Topliss-reactive ketones (excluding diaryl/α,β-unsaturated/α-hetero) is 2. The van der Waals surface area contributed by atoms with Gasteiger partial charge in [0.1, 0.15) is 34.4 Å². The molecule has 1 N–H and O–H groups in total. The first-order valence-corrected chi connectivity index (χ1v) is 13.6. The van der Waals surface area contributed by atoms with Gasteiger partial charge in [-0.1, -0.05) is 35.3 Å². The molecule has 0 fully saturated rings. The molecule has 0 spiro atoms. The molecule has 44 heavy (non-hydrogen) atoms. The molecule has 5 nitrogen and oxygen atoms in total. The minimum absolute atomic E-state index is 0.0132. The maximum atomic E-state index is 14.4. The third kappa shape index (κ3) is 8.29. The molecule has 3 aromatic carbocycles. The summed E-state index contributed by atoms with van der Waals surface area (Å²) in [4.78, 5) is 38.4. The Labute approximate surface area is 257 Å². The third-order valence-electron chi connectivity index (χ3n) is 6.68. The monoisotopic (exact) mass is 665 g/mol. The quantitative estimate of drug-likeness (QED) is 0.119. The lowest BCUT2D eigenvalue weighted by atomic mass is 9.84. The summed E-state index contributed by atoms with van der Waals surface area (Å²) in [5.74, 6) is -5.34. The lowest BCUT2D eigenvalue weighted by Gasteiger charge is -2.26. The van der Waals surface area contributed by atoms with Gasteiger partial charge in [0, 0.05) is 18.4 Å². The van der Waals surface area contributed by atoms with Crippen LogP contribution in [-0.2, 0) is 17.6 Å². The highest BCUT2D eigenvalue weighted by Crippen LogP contribution is 2.39. The molecule has 14 heteroatoms. The lowest BCUT2D eigenvalue weighted by Crippen LogP contribution is -2.39. The predicted molar refractivity (Wildman–Crippen MR) is 150 cm³/mol. The van der Waals surface area contributed by atoms with Gasteiger partial charge in [0.2, 0.25) is 0 Å². The Morgan fingerprint density at radius 1 is 0.909 bits per heavy atom. The van der Waals surface area contributed by atoms with E-state index in [1.807, 2.05) is 0 Å². The first kappa shape index (κ1) is 34.8. The third-order valence-corrected chi connectivity index (χ3v) is 7.36. The molecule has 0 heterocycles. The summed E-state index contributed by atoms with van der Waals surface area (Å²) in [5, 5.41) is 1.29. The molecule has 0 saturated carbocycles. The Hall–Kier alpha value is -3.64. The summed E-state index contributed by atoms with van der Waals surface area (Å²) in [6.45, 7) is 0.492. The van der Waals surface area contributed by atoms with Gasteiger partial charge in [-0.3, -0.25) is 14.4 Å². The van der Waals surface area contributed by atoms with E-state index in [1.54, 1.807) is 0 Å². The van der Waals surface area contributed by atoms with Crippen molar-refractivity contribution in [2.45, 2.75) is 45.7 Å². The number of carbonyl (C=O) groups is 3. The SMILES string of the molecule is CC(C)(C(=O)CCc1ccc(Cl)c(C(=O)Cc2ccc(OCC(F)F)c(C(=O)Nc3ccc(F)c(Cl)c3F)c2)c1)C(F)(F)F. The zero-order valence-electron chi connectivity index (χ0n) is 23.1. The number of hydrogen-bond acceptors (Lipinski definition) is 4. The predicted octanol–water partition coefficient (Wildman–Crippen LogP) is 8.68. The molecule has 0 bridgehead atoms. The van der Waals surface area contributed by atoms with Crippen LogP contribution in [-0.4, -0.2) is 36.7 Å². The van der Waals surface area contributed by atoms with E-state index < -0.39 is 70.9 Å². The second-order valence-corrected chi connectivity index (χ2v) is 11.0. The number of alkyl halides is 5.